The molecule has 0 unspecified atom stereocenters. The fourth-order valence-corrected chi connectivity index (χ4v) is 0.231. The summed E-state index contributed by atoms with van der Waals surface area (Å²) in [5.41, 5.74) is 0. The molecular formula is C4H13NO3. The van der Waals surface area contributed by atoms with Crippen LogP contribution in [0.2, 0.25) is 0 Å². The van der Waals surface area contributed by atoms with Gasteiger partial charge in [0, 0.05) is 0 Å². The maximum atomic E-state index is 8.09. The average molecular weight is 123 g/mol. The first-order valence-electron chi connectivity index (χ1n) is 2.21. The fourth-order valence-electron chi connectivity index (χ4n) is 0.231. The van der Waals surface area contributed by atoms with Gasteiger partial charge < -0.3 is 21.1 Å². The summed E-state index contributed by atoms with van der Waals surface area (Å²) in [6.07, 6.45) is 0. The lowest BCUT2D eigenvalue weighted by molar-refractivity contribution is 0.0650. The van der Waals surface area contributed by atoms with Crippen LogP contribution in [0.3, 0.4) is 0 Å². The molecule has 0 saturated heterocycles. The van der Waals surface area contributed by atoms with Crippen LogP contribution in [0.5, 0.6) is 0 Å². The third kappa shape index (κ3) is 9.28. The summed E-state index contributed by atoms with van der Waals surface area (Å²) in [5.74, 6) is 0. The average Bonchev–Trinajstić information content (AvgIpc) is 1.69. The SMILES string of the molecule is N.OCCOCCO. The zero-order valence-electron chi connectivity index (χ0n) is 4.84. The largest absolute Gasteiger partial charge is 0.394 e. The normalized spacial score (nSPS) is 8.25. The molecule has 5 N–H and O–H groups in total. The van der Waals surface area contributed by atoms with Crippen molar-refractivity contribution in [3.8, 4) is 0 Å². The van der Waals surface area contributed by atoms with Crippen LogP contribution >= 0.6 is 0 Å². The predicted octanol–water partition coefficient (Wildman–Crippen LogP) is -0.850. The van der Waals surface area contributed by atoms with Gasteiger partial charge in [-0.25, -0.2) is 0 Å². The molecule has 0 radical (unpaired) electrons. The predicted molar refractivity (Wildman–Crippen MR) is 30.0 cm³/mol. The molecular weight excluding hydrogens is 110 g/mol. The van der Waals surface area contributed by atoms with Gasteiger partial charge in [0.2, 0.25) is 0 Å². The first-order chi connectivity index (χ1) is 3.41. The van der Waals surface area contributed by atoms with Crippen molar-refractivity contribution in [1.29, 1.82) is 0 Å². The lowest BCUT2D eigenvalue weighted by Gasteiger charge is -1.94. The molecule has 52 valence electrons. The quantitative estimate of drug-likeness (QED) is 0.425. The Balaban J connectivity index is 0. The van der Waals surface area contributed by atoms with Crippen LogP contribution in [-0.2, 0) is 4.74 Å². The number of hydrogen-bond acceptors (Lipinski definition) is 4. The number of hydrogen-bond donors (Lipinski definition) is 3. The standard InChI is InChI=1S/C4H10O3.H3N/c5-1-3-7-4-2-6;/h5-6H,1-4H2;1H3. The Labute approximate surface area is 48.7 Å². The summed E-state index contributed by atoms with van der Waals surface area (Å²) >= 11 is 0. The molecule has 4 nitrogen and oxygen atoms in total. The molecule has 0 fully saturated rings. The van der Waals surface area contributed by atoms with Gasteiger partial charge in [0.25, 0.3) is 0 Å². The molecule has 0 aliphatic carbocycles. The molecule has 0 rings (SSSR count). The van der Waals surface area contributed by atoms with Crippen LogP contribution in [0.25, 0.3) is 0 Å². The van der Waals surface area contributed by atoms with E-state index >= 15 is 0 Å². The molecule has 0 aromatic heterocycles. The third-order valence-corrected chi connectivity index (χ3v) is 0.471. The van der Waals surface area contributed by atoms with Gasteiger partial charge in [0.1, 0.15) is 0 Å². The van der Waals surface area contributed by atoms with Gasteiger partial charge in [0.15, 0.2) is 0 Å². The van der Waals surface area contributed by atoms with Gasteiger partial charge >= 0.3 is 0 Å². The van der Waals surface area contributed by atoms with E-state index < -0.39 is 0 Å². The van der Waals surface area contributed by atoms with E-state index in [1.54, 1.807) is 0 Å². The van der Waals surface area contributed by atoms with E-state index in [-0.39, 0.29) is 19.4 Å². The molecule has 0 aromatic rings. The Kier molecular flexibility index (Phi) is 13.4. The van der Waals surface area contributed by atoms with Crippen LogP contribution in [0.15, 0.2) is 0 Å². The zero-order chi connectivity index (χ0) is 5.54. The highest BCUT2D eigenvalue weighted by atomic mass is 16.5. The van der Waals surface area contributed by atoms with Crippen molar-refractivity contribution in [3.05, 3.63) is 0 Å². The molecule has 0 spiro atoms. The Morgan fingerprint density at radius 3 is 1.62 bits per heavy atom. The molecule has 0 heterocycles. The van der Waals surface area contributed by atoms with Crippen molar-refractivity contribution < 1.29 is 14.9 Å². The number of aliphatic hydroxyl groups is 2. The molecule has 0 bridgehead atoms. The number of aliphatic hydroxyl groups excluding tert-OH is 2. The molecule has 0 aromatic carbocycles. The summed E-state index contributed by atoms with van der Waals surface area (Å²) < 4.78 is 4.63. The van der Waals surface area contributed by atoms with Gasteiger partial charge in [-0.2, -0.15) is 0 Å². The Morgan fingerprint density at radius 1 is 1.00 bits per heavy atom. The second-order valence-corrected chi connectivity index (χ2v) is 1.06. The molecule has 4 heteroatoms. The number of rotatable bonds is 4. The molecule has 0 aliphatic rings. The van der Waals surface area contributed by atoms with Gasteiger partial charge in [-0.05, 0) is 0 Å². The second-order valence-electron chi connectivity index (χ2n) is 1.06. The highest BCUT2D eigenvalue weighted by molar-refractivity contribution is 4.24. The van der Waals surface area contributed by atoms with E-state index in [4.69, 9.17) is 10.2 Å². The minimum absolute atomic E-state index is 0. The topological polar surface area (TPSA) is 84.7 Å². The van der Waals surface area contributed by atoms with E-state index in [1.807, 2.05) is 0 Å². The Morgan fingerprint density at radius 2 is 1.38 bits per heavy atom. The van der Waals surface area contributed by atoms with Crippen LogP contribution in [0.1, 0.15) is 0 Å². The summed E-state index contributed by atoms with van der Waals surface area (Å²) in [6, 6.07) is 0. The summed E-state index contributed by atoms with van der Waals surface area (Å²) in [5, 5.41) is 16.2. The fraction of sp³-hybridized carbons (Fsp3) is 1.00. The number of ether oxygens (including phenoxy) is 1. The van der Waals surface area contributed by atoms with Gasteiger partial charge in [-0.3, -0.25) is 0 Å². The third-order valence-electron chi connectivity index (χ3n) is 0.471. The van der Waals surface area contributed by atoms with E-state index in [9.17, 15) is 0 Å². The van der Waals surface area contributed by atoms with Gasteiger partial charge in [-0.15, -0.1) is 0 Å². The Bertz CT molecular complexity index is 30.5. The van der Waals surface area contributed by atoms with Crippen molar-refractivity contribution in [2.24, 2.45) is 0 Å². The Hall–Kier alpha value is -0.160. The van der Waals surface area contributed by atoms with E-state index in [1.165, 1.54) is 0 Å². The van der Waals surface area contributed by atoms with Gasteiger partial charge in [0.05, 0.1) is 26.4 Å². The molecule has 0 amide bonds. The maximum absolute atomic E-state index is 8.09. The van der Waals surface area contributed by atoms with Crippen molar-refractivity contribution in [3.63, 3.8) is 0 Å². The van der Waals surface area contributed by atoms with E-state index in [2.05, 4.69) is 4.74 Å². The van der Waals surface area contributed by atoms with Crippen molar-refractivity contribution in [2.45, 2.75) is 0 Å². The zero-order valence-corrected chi connectivity index (χ0v) is 4.84. The van der Waals surface area contributed by atoms with Gasteiger partial charge in [-0.1, -0.05) is 0 Å². The highest BCUT2D eigenvalue weighted by Crippen LogP contribution is 1.68. The molecule has 8 heavy (non-hydrogen) atoms. The monoisotopic (exact) mass is 123 g/mol. The van der Waals surface area contributed by atoms with Crippen LogP contribution < -0.4 is 6.15 Å². The summed E-state index contributed by atoms with van der Waals surface area (Å²) in [6.45, 7) is 0.696. The van der Waals surface area contributed by atoms with Crippen molar-refractivity contribution in [2.75, 3.05) is 26.4 Å². The lowest BCUT2D eigenvalue weighted by atomic mass is 10.7. The highest BCUT2D eigenvalue weighted by Gasteiger charge is 1.79. The van der Waals surface area contributed by atoms with Crippen LogP contribution in [0, 0.1) is 0 Å². The molecule has 0 aliphatic heterocycles. The minimum Gasteiger partial charge on any atom is -0.394 e. The van der Waals surface area contributed by atoms with Crippen LogP contribution in [0.4, 0.5) is 0 Å². The smallest absolute Gasteiger partial charge is 0.0698 e. The van der Waals surface area contributed by atoms with E-state index in [0.29, 0.717) is 13.2 Å². The molecule has 0 atom stereocenters. The first kappa shape index (κ1) is 10.8. The second kappa shape index (κ2) is 9.96. The first-order valence-corrected chi connectivity index (χ1v) is 2.21. The lowest BCUT2D eigenvalue weighted by Crippen LogP contribution is -2.03. The minimum atomic E-state index is 0. The maximum Gasteiger partial charge on any atom is 0.0698 e. The molecule has 0 saturated carbocycles. The van der Waals surface area contributed by atoms with Crippen molar-refractivity contribution >= 4 is 0 Å². The van der Waals surface area contributed by atoms with Crippen LogP contribution in [-0.4, -0.2) is 36.6 Å². The summed E-state index contributed by atoms with van der Waals surface area (Å²) in [7, 11) is 0. The summed E-state index contributed by atoms with van der Waals surface area (Å²) in [4.78, 5) is 0. The van der Waals surface area contributed by atoms with Crippen molar-refractivity contribution in [1.82, 2.24) is 6.15 Å². The van der Waals surface area contributed by atoms with E-state index in [0.717, 1.165) is 0 Å².